The molecule has 5 nitrogen and oxygen atoms in total. The van der Waals surface area contributed by atoms with Crippen molar-refractivity contribution in [3.05, 3.63) is 283 Å². The van der Waals surface area contributed by atoms with E-state index in [0.29, 0.717) is 32.1 Å². The van der Waals surface area contributed by atoms with E-state index >= 15 is 0 Å². The normalized spacial score (nSPS) is 24.8. The van der Waals surface area contributed by atoms with E-state index in [-0.39, 0.29) is 54.7 Å². The number of imidazole rings is 1. The molecule has 466 valence electrons. The van der Waals surface area contributed by atoms with Gasteiger partial charge in [0.05, 0.1) is 24.9 Å². The number of ether oxygens (including phenoxy) is 1. The first kappa shape index (κ1) is 32.0. The molecule has 3 aromatic heterocycles. The summed E-state index contributed by atoms with van der Waals surface area (Å²) in [6, 6.07) is 50.8. The molecule has 7 heteroatoms. The molecule has 0 bridgehead atoms. The van der Waals surface area contributed by atoms with Crippen LogP contribution < -0.4 is 30.1 Å². The average molecular weight is 1450 g/mol. The number of para-hydroxylation sites is 2. The second-order valence-corrected chi connectivity index (χ2v) is 27.9. The van der Waals surface area contributed by atoms with Crippen LogP contribution in [0.5, 0.6) is 11.5 Å². The maximum atomic E-state index is 10.8. The zero-order chi connectivity index (χ0) is 95.9. The Morgan fingerprint density at radius 2 is 1.06 bits per heavy atom. The molecule has 0 unspecified atom stereocenters. The molecule has 0 saturated carbocycles. The maximum Gasteiger partial charge on any atom is 0.268 e. The van der Waals surface area contributed by atoms with Crippen LogP contribution in [0.2, 0.25) is 0 Å². The summed E-state index contributed by atoms with van der Waals surface area (Å²) in [7, 11) is -3.99. The molecule has 2 aliphatic carbocycles. The fourth-order valence-corrected chi connectivity index (χ4v) is 17.5. The SMILES string of the molecule is [2H]c1c([2H])c2c(c([2H])c1-c1cccc(-c3c([2H])c([2H])c4c(c3[2H])C(C([2H])([2H])[2H])(C([2H])([2H])[2H])C([2H])([2H])C([2H])([2H])C4(C([2H])([2H])[2H])C([2H])([2H])[2H])c1-[n+]1[c-]n(-c3[c-]c(Oc4[c-]c5c(cc4)c4ccccc4n5-c4cc(C(C)(C)C)ccn4)ccc3)c3ccc([Si](c4ccccc4)(c4ccccc4)c4ccccc4)cc31)C(C([2H])([2H])[2H])(C([2H])([2H])[2H])C([2H])([2H])C([2H])([2H])C2(C([2H])([2H])[2H])C([2H])([2H])[2H].[Pt]. The van der Waals surface area contributed by atoms with Crippen LogP contribution in [0, 0.1) is 18.5 Å². The first-order valence-electron chi connectivity index (χ1n) is 48.5. The van der Waals surface area contributed by atoms with Gasteiger partial charge >= 0.3 is 0 Å². The third-order valence-corrected chi connectivity index (χ3v) is 21.9. The van der Waals surface area contributed by atoms with Crippen LogP contribution in [0.25, 0.3) is 72.3 Å². The van der Waals surface area contributed by atoms with Gasteiger partial charge < -0.3 is 13.9 Å². The number of nitrogens with zero attached hydrogens (tertiary/aromatic N) is 4. The molecule has 0 radical (unpaired) electrons. The number of pyridine rings is 1. The zero-order valence-electron chi connectivity index (χ0n) is 88.1. The smallest absolute Gasteiger partial charge is 0.268 e. The minimum absolute atomic E-state index is 0. The summed E-state index contributed by atoms with van der Waals surface area (Å²) in [5.41, 5.74) is -30.4. The Labute approximate surface area is 618 Å². The summed E-state index contributed by atoms with van der Waals surface area (Å²) in [5, 5.41) is 4.15. The molecule has 93 heavy (non-hydrogen) atoms. The number of hydrogen-bond acceptors (Lipinski definition) is 2. The van der Waals surface area contributed by atoms with Crippen molar-refractivity contribution in [2.75, 3.05) is 0 Å². The molecule has 0 spiro atoms. The van der Waals surface area contributed by atoms with E-state index in [2.05, 4.69) is 39.2 Å². The molecule has 0 aliphatic heterocycles. The van der Waals surface area contributed by atoms with Gasteiger partial charge in [-0.3, -0.25) is 4.57 Å². The molecule has 0 amide bonds. The van der Waals surface area contributed by atoms with Crippen LogP contribution in [0.15, 0.2) is 237 Å². The van der Waals surface area contributed by atoms with Gasteiger partial charge in [0.1, 0.15) is 5.82 Å². The monoisotopic (exact) mass is 1450 g/mol. The molecule has 15 rings (SSSR count). The molecule has 2 aliphatic rings. The van der Waals surface area contributed by atoms with Crippen molar-refractivity contribution >= 4 is 61.7 Å². The van der Waals surface area contributed by atoms with E-state index in [1.54, 1.807) is 85.1 Å². The van der Waals surface area contributed by atoms with Gasteiger partial charge in [0, 0.05) is 88.1 Å². The number of benzene rings is 10. The van der Waals surface area contributed by atoms with Gasteiger partial charge in [0.2, 0.25) is 0 Å². The van der Waals surface area contributed by atoms with Gasteiger partial charge in [-0.15, -0.1) is 29.7 Å². The number of fused-ring (bicyclic) bond motifs is 6. The Kier molecular flexibility index (Phi) is 7.94. The number of aromatic nitrogens is 4. The van der Waals surface area contributed by atoms with E-state index in [1.807, 2.05) is 83.4 Å². The van der Waals surface area contributed by atoms with Crippen molar-refractivity contribution in [3.8, 4) is 50.9 Å². The first-order chi connectivity index (χ1) is 59.8. The standard InChI is InChI=1S/C86H80N4OSi.Pt/c1-82(2,3)60-45-50-87-80(53-60)90-76-36-22-21-33-70(76)71-41-39-63(55-78(71)90)91-62-26-23-25-61(54-62)88-57-89(79-56-67(40-44-77(79)88)92(64-27-15-12-16-28-64,65-29-17-13-18-30-65)66-31-19-14-20-32-66)81-68(58-37-42-72-74(51-58)85(8,9)48-46-83(72,4)5)34-24-35-69(81)59-38-43-73-75(52-59)86(10,11)49-47-84(73,6)7;/h12-45,50-53,56H,46-49H2,1-11H3;/q-2;/i4D3,5D3,6D3,7D3,8D3,9D3,10D3,11D3,37D,38D,42D,43D,46D2,47D2,48D2,49D2,51D,52D;. The molecule has 0 fully saturated rings. The van der Waals surface area contributed by atoms with E-state index in [9.17, 15) is 35.6 Å². The average Bonchev–Trinajstić information content (AvgIpc) is 0.911. The minimum Gasteiger partial charge on any atom is -0.510 e. The second kappa shape index (κ2) is 23.1. The zero-order valence-corrected chi connectivity index (χ0v) is 53.3. The van der Waals surface area contributed by atoms with E-state index in [4.69, 9.17) is 26.2 Å². The van der Waals surface area contributed by atoms with Crippen LogP contribution in [0.3, 0.4) is 0 Å². The summed E-state index contributed by atoms with van der Waals surface area (Å²) in [5.74, 6) is 0.626. The van der Waals surface area contributed by atoms with Gasteiger partial charge in [-0.25, -0.2) is 4.98 Å². The third-order valence-electron chi connectivity index (χ3n) is 17.1. The molecule has 0 atom stereocenters. The Balaban J connectivity index is 0.0000138. The van der Waals surface area contributed by atoms with Crippen molar-refractivity contribution in [2.45, 2.75) is 128 Å². The maximum absolute atomic E-state index is 10.8. The summed E-state index contributed by atoms with van der Waals surface area (Å²) in [6.45, 7) is -30.6. The molecule has 0 N–H and O–H groups in total. The summed E-state index contributed by atoms with van der Waals surface area (Å²) in [6.07, 6.45) is -14.5. The van der Waals surface area contributed by atoms with Crippen LogP contribution in [0.1, 0.15) is 181 Å². The third kappa shape index (κ3) is 10.6. The predicted molar refractivity (Wildman–Crippen MR) is 384 cm³/mol. The van der Waals surface area contributed by atoms with Gasteiger partial charge in [-0.1, -0.05) is 263 Å². The second-order valence-electron chi connectivity index (χ2n) is 24.1. The quantitative estimate of drug-likeness (QED) is 0.0560. The minimum atomic E-state index is -4.90. The van der Waals surface area contributed by atoms with Crippen molar-refractivity contribution in [2.24, 2.45) is 0 Å². The fraction of sp³-hybridized carbons (Fsp3) is 0.233. The van der Waals surface area contributed by atoms with E-state index in [0.717, 1.165) is 44.6 Å². The summed E-state index contributed by atoms with van der Waals surface area (Å²) >= 11 is 0. The molecule has 3 heterocycles. The van der Waals surface area contributed by atoms with Gasteiger partial charge in [-0.05, 0) is 153 Å². The largest absolute Gasteiger partial charge is 0.510 e. The first-order valence-corrected chi connectivity index (χ1v) is 31.5. The van der Waals surface area contributed by atoms with Crippen molar-refractivity contribution in [3.63, 3.8) is 0 Å². The summed E-state index contributed by atoms with van der Waals surface area (Å²) < 4.78 is 373. The Bertz CT molecular complexity index is 6400. The molecule has 0 saturated heterocycles. The topological polar surface area (TPSA) is 35.9 Å². The molecule has 13 aromatic rings. The molecule has 10 aromatic carbocycles. The van der Waals surface area contributed by atoms with E-state index in [1.165, 1.54) is 22.8 Å². The molecular formula is C86H80N4OPtSi-2. The van der Waals surface area contributed by atoms with Crippen LogP contribution >= 0.6 is 0 Å². The summed E-state index contributed by atoms with van der Waals surface area (Å²) in [4.78, 5) is 4.81. The van der Waals surface area contributed by atoms with Crippen LogP contribution in [-0.4, -0.2) is 22.2 Å². The van der Waals surface area contributed by atoms with Gasteiger partial charge in [0.15, 0.2) is 8.07 Å². The Morgan fingerprint density at radius 1 is 0.527 bits per heavy atom. The van der Waals surface area contributed by atoms with Crippen molar-refractivity contribution in [1.82, 2.24) is 14.1 Å². The fourth-order valence-electron chi connectivity index (χ4n) is 12.7. The van der Waals surface area contributed by atoms with Crippen molar-refractivity contribution in [1.29, 1.82) is 0 Å². The van der Waals surface area contributed by atoms with E-state index < -0.39 is 196 Å². The van der Waals surface area contributed by atoms with Crippen LogP contribution in [0.4, 0.5) is 0 Å². The number of hydrogen-bond donors (Lipinski definition) is 0. The predicted octanol–water partition coefficient (Wildman–Crippen LogP) is 18.3. The number of rotatable bonds is 11. The van der Waals surface area contributed by atoms with Gasteiger partial charge in [0.25, 0.3) is 6.33 Å². The van der Waals surface area contributed by atoms with Gasteiger partial charge in [-0.2, -0.15) is 18.2 Å². The molecular weight excluding hydrogens is 1330 g/mol. The Hall–Kier alpha value is -8.67. The Morgan fingerprint density at radius 3 is 1.63 bits per heavy atom. The van der Waals surface area contributed by atoms with Crippen LogP contribution in [-0.2, 0) is 48.1 Å². The van der Waals surface area contributed by atoms with Crippen molar-refractivity contribution < 1.29 is 82.5 Å².